The molecule has 5 heteroatoms. The molecule has 0 aromatic carbocycles. The summed E-state index contributed by atoms with van der Waals surface area (Å²) in [5.74, 6) is -0.0998. The Morgan fingerprint density at radius 3 is 3.11 bits per heavy atom. The molecule has 0 fully saturated rings. The molecule has 3 nitrogen and oxygen atoms in total. The number of amides is 1. The van der Waals surface area contributed by atoms with Crippen LogP contribution in [0.25, 0.3) is 10.6 Å². The summed E-state index contributed by atoms with van der Waals surface area (Å²) in [5, 5.41) is 9.59. The molecule has 2 rings (SSSR count). The molecular formula is C13H14N2OS2. The highest BCUT2D eigenvalue weighted by Gasteiger charge is 2.11. The largest absolute Gasteiger partial charge is 0.350 e. The van der Waals surface area contributed by atoms with Crippen LogP contribution in [0.2, 0.25) is 0 Å². The molecule has 0 unspecified atom stereocenters. The Bertz CT molecular complexity index is 529. The van der Waals surface area contributed by atoms with Gasteiger partial charge >= 0.3 is 0 Å². The van der Waals surface area contributed by atoms with Crippen LogP contribution < -0.4 is 5.32 Å². The van der Waals surface area contributed by atoms with Gasteiger partial charge in [-0.15, -0.1) is 11.3 Å². The van der Waals surface area contributed by atoms with Gasteiger partial charge in [0.25, 0.3) is 5.91 Å². The third-order valence-electron chi connectivity index (χ3n) is 2.34. The van der Waals surface area contributed by atoms with Crippen LogP contribution in [0, 0.1) is 0 Å². The summed E-state index contributed by atoms with van der Waals surface area (Å²) in [6.45, 7) is 2.61. The molecule has 2 aromatic rings. The normalized spacial score (nSPS) is 10.9. The molecule has 0 saturated carbocycles. The maximum Gasteiger partial charge on any atom is 0.270 e. The fourth-order valence-electron chi connectivity index (χ4n) is 1.42. The predicted octanol–water partition coefficient (Wildman–Crippen LogP) is 3.57. The van der Waals surface area contributed by atoms with Crippen molar-refractivity contribution in [2.75, 3.05) is 6.54 Å². The Balaban J connectivity index is 1.95. The second-order valence-corrected chi connectivity index (χ2v) is 5.30. The van der Waals surface area contributed by atoms with Crippen molar-refractivity contribution in [2.45, 2.75) is 13.3 Å². The molecule has 2 aromatic heterocycles. The van der Waals surface area contributed by atoms with Gasteiger partial charge in [0.1, 0.15) is 10.7 Å². The molecule has 2 heterocycles. The summed E-state index contributed by atoms with van der Waals surface area (Å²) in [6.07, 6.45) is 4.85. The lowest BCUT2D eigenvalue weighted by Crippen LogP contribution is -2.24. The Labute approximate surface area is 114 Å². The SMILES string of the molecule is C/C=C/CCNC(=O)c1csc(-c2ccsc2)n1. The van der Waals surface area contributed by atoms with Crippen LogP contribution in [-0.4, -0.2) is 17.4 Å². The maximum absolute atomic E-state index is 11.8. The fraction of sp³-hybridized carbons (Fsp3) is 0.231. The van der Waals surface area contributed by atoms with Gasteiger partial charge in [-0.05, 0) is 24.8 Å². The van der Waals surface area contributed by atoms with Crippen LogP contribution in [0.3, 0.4) is 0 Å². The molecule has 0 saturated heterocycles. The molecule has 0 spiro atoms. The van der Waals surface area contributed by atoms with Crippen LogP contribution in [-0.2, 0) is 0 Å². The summed E-state index contributed by atoms with van der Waals surface area (Å²) in [6, 6.07) is 2.01. The molecule has 0 aliphatic carbocycles. The first-order valence-electron chi connectivity index (χ1n) is 5.68. The van der Waals surface area contributed by atoms with Gasteiger partial charge in [0.15, 0.2) is 0 Å². The van der Waals surface area contributed by atoms with Gasteiger partial charge in [0.2, 0.25) is 0 Å². The van der Waals surface area contributed by atoms with E-state index in [0.29, 0.717) is 12.2 Å². The third kappa shape index (κ3) is 3.27. The lowest BCUT2D eigenvalue weighted by Gasteiger charge is -1.99. The maximum atomic E-state index is 11.8. The molecule has 1 N–H and O–H groups in total. The van der Waals surface area contributed by atoms with Crippen molar-refractivity contribution in [1.29, 1.82) is 0 Å². The number of thiazole rings is 1. The van der Waals surface area contributed by atoms with Crippen molar-refractivity contribution >= 4 is 28.6 Å². The number of nitrogens with one attached hydrogen (secondary N) is 1. The van der Waals surface area contributed by atoms with E-state index >= 15 is 0 Å². The van der Waals surface area contributed by atoms with E-state index in [0.717, 1.165) is 17.0 Å². The molecule has 1 amide bonds. The minimum Gasteiger partial charge on any atom is -0.350 e. The van der Waals surface area contributed by atoms with Crippen LogP contribution in [0.15, 0.2) is 34.4 Å². The summed E-state index contributed by atoms with van der Waals surface area (Å²) >= 11 is 3.13. The van der Waals surface area contributed by atoms with Gasteiger partial charge in [-0.2, -0.15) is 11.3 Å². The highest BCUT2D eigenvalue weighted by molar-refractivity contribution is 7.14. The van der Waals surface area contributed by atoms with Crippen molar-refractivity contribution in [3.05, 3.63) is 40.1 Å². The highest BCUT2D eigenvalue weighted by atomic mass is 32.1. The molecule has 0 radical (unpaired) electrons. The number of carbonyl (C=O) groups is 1. The first-order valence-corrected chi connectivity index (χ1v) is 7.51. The van der Waals surface area contributed by atoms with Crippen LogP contribution >= 0.6 is 22.7 Å². The van der Waals surface area contributed by atoms with Crippen LogP contribution in [0.5, 0.6) is 0 Å². The van der Waals surface area contributed by atoms with E-state index in [2.05, 4.69) is 10.3 Å². The zero-order valence-electron chi connectivity index (χ0n) is 10.1. The first-order chi connectivity index (χ1) is 8.81. The zero-order chi connectivity index (χ0) is 12.8. The quantitative estimate of drug-likeness (QED) is 0.671. The van der Waals surface area contributed by atoms with Crippen molar-refractivity contribution in [1.82, 2.24) is 10.3 Å². The summed E-state index contributed by atoms with van der Waals surface area (Å²) in [4.78, 5) is 16.1. The van der Waals surface area contributed by atoms with Gasteiger partial charge in [0.05, 0.1) is 0 Å². The van der Waals surface area contributed by atoms with E-state index < -0.39 is 0 Å². The predicted molar refractivity (Wildman–Crippen MR) is 77.2 cm³/mol. The lowest BCUT2D eigenvalue weighted by atomic mass is 10.3. The van der Waals surface area contributed by atoms with E-state index in [4.69, 9.17) is 0 Å². The number of hydrogen-bond acceptors (Lipinski definition) is 4. The van der Waals surface area contributed by atoms with Crippen molar-refractivity contribution < 1.29 is 4.79 Å². The number of nitrogens with zero attached hydrogens (tertiary/aromatic N) is 1. The fourth-order valence-corrected chi connectivity index (χ4v) is 2.94. The third-order valence-corrected chi connectivity index (χ3v) is 3.91. The van der Waals surface area contributed by atoms with Crippen molar-refractivity contribution in [3.8, 4) is 10.6 Å². The topological polar surface area (TPSA) is 42.0 Å². The number of thiophene rings is 1. The molecular weight excluding hydrogens is 264 g/mol. The van der Waals surface area contributed by atoms with Gasteiger partial charge in [0, 0.05) is 22.9 Å². The molecule has 0 aliphatic rings. The minimum absolute atomic E-state index is 0.0998. The Morgan fingerprint density at radius 2 is 2.39 bits per heavy atom. The van der Waals surface area contributed by atoms with E-state index in [9.17, 15) is 4.79 Å². The van der Waals surface area contributed by atoms with E-state index in [-0.39, 0.29) is 5.91 Å². The van der Waals surface area contributed by atoms with E-state index in [1.165, 1.54) is 11.3 Å². The molecule has 0 bridgehead atoms. The number of allylic oxidation sites excluding steroid dienone is 1. The first kappa shape index (κ1) is 13.0. The van der Waals surface area contributed by atoms with Crippen molar-refractivity contribution in [2.24, 2.45) is 0 Å². The van der Waals surface area contributed by atoms with Gasteiger partial charge in [-0.1, -0.05) is 12.2 Å². The molecule has 94 valence electrons. The zero-order valence-corrected chi connectivity index (χ0v) is 11.7. The monoisotopic (exact) mass is 278 g/mol. The summed E-state index contributed by atoms with van der Waals surface area (Å²) in [5.41, 5.74) is 1.58. The summed E-state index contributed by atoms with van der Waals surface area (Å²) in [7, 11) is 0. The number of hydrogen-bond donors (Lipinski definition) is 1. The van der Waals surface area contributed by atoms with Crippen LogP contribution in [0.1, 0.15) is 23.8 Å². The van der Waals surface area contributed by atoms with Crippen molar-refractivity contribution in [3.63, 3.8) is 0 Å². The number of aromatic nitrogens is 1. The van der Waals surface area contributed by atoms with E-state index in [1.807, 2.05) is 35.9 Å². The van der Waals surface area contributed by atoms with Gasteiger partial charge < -0.3 is 5.32 Å². The average molecular weight is 278 g/mol. The molecule has 0 aliphatic heterocycles. The number of rotatable bonds is 5. The Kier molecular flexibility index (Phi) is 4.66. The molecule has 18 heavy (non-hydrogen) atoms. The lowest BCUT2D eigenvalue weighted by molar-refractivity contribution is 0.0950. The second-order valence-electron chi connectivity index (χ2n) is 3.66. The van der Waals surface area contributed by atoms with Gasteiger partial charge in [-0.25, -0.2) is 4.98 Å². The molecule has 0 atom stereocenters. The second kappa shape index (κ2) is 6.47. The average Bonchev–Trinajstić information content (AvgIpc) is 3.03. The highest BCUT2D eigenvalue weighted by Crippen LogP contribution is 2.25. The number of carbonyl (C=O) groups excluding carboxylic acids is 1. The van der Waals surface area contributed by atoms with E-state index in [1.54, 1.807) is 16.7 Å². The summed E-state index contributed by atoms with van der Waals surface area (Å²) < 4.78 is 0. The Hall–Kier alpha value is -1.46. The van der Waals surface area contributed by atoms with Gasteiger partial charge in [-0.3, -0.25) is 4.79 Å². The minimum atomic E-state index is -0.0998. The van der Waals surface area contributed by atoms with Crippen LogP contribution in [0.4, 0.5) is 0 Å². The smallest absolute Gasteiger partial charge is 0.270 e. The Morgan fingerprint density at radius 1 is 1.50 bits per heavy atom. The standard InChI is InChI=1S/C13H14N2OS2/c1-2-3-4-6-14-12(16)11-9-18-13(15-11)10-5-7-17-8-10/h2-3,5,7-9H,4,6H2,1H3,(H,14,16)/b3-2+.